The SMILES string of the molecule is COc1cc(F)c(-c2nc3cccc(C)n3c2NC2CCCCC2)c(F)c1. The molecule has 0 radical (unpaired) electrons. The molecule has 2 heterocycles. The molecule has 1 saturated carbocycles. The minimum atomic E-state index is -0.681. The van der Waals surface area contributed by atoms with Crippen LogP contribution < -0.4 is 10.1 Å². The first-order valence-corrected chi connectivity index (χ1v) is 9.36. The number of imidazole rings is 1. The van der Waals surface area contributed by atoms with Crippen LogP contribution in [-0.2, 0) is 0 Å². The van der Waals surface area contributed by atoms with E-state index >= 15 is 0 Å². The smallest absolute Gasteiger partial charge is 0.139 e. The summed E-state index contributed by atoms with van der Waals surface area (Å²) in [6.45, 7) is 1.96. The molecule has 142 valence electrons. The first kappa shape index (κ1) is 17.8. The van der Waals surface area contributed by atoms with E-state index in [9.17, 15) is 8.78 Å². The Morgan fingerprint density at radius 2 is 1.81 bits per heavy atom. The third kappa shape index (κ3) is 3.24. The van der Waals surface area contributed by atoms with Crippen LogP contribution in [0.2, 0.25) is 0 Å². The lowest BCUT2D eigenvalue weighted by atomic mass is 9.95. The number of hydrogen-bond acceptors (Lipinski definition) is 3. The molecule has 2 aromatic heterocycles. The van der Waals surface area contributed by atoms with Crippen LogP contribution in [0.1, 0.15) is 37.8 Å². The van der Waals surface area contributed by atoms with E-state index < -0.39 is 11.6 Å². The lowest BCUT2D eigenvalue weighted by molar-refractivity contribution is 0.407. The molecule has 1 aromatic carbocycles. The molecule has 1 N–H and O–H groups in total. The summed E-state index contributed by atoms with van der Waals surface area (Å²) >= 11 is 0. The van der Waals surface area contributed by atoms with Crippen molar-refractivity contribution >= 4 is 11.5 Å². The van der Waals surface area contributed by atoms with Gasteiger partial charge in [0.15, 0.2) is 0 Å². The van der Waals surface area contributed by atoms with Gasteiger partial charge in [0.25, 0.3) is 0 Å². The predicted octanol–water partition coefficient (Wildman–Crippen LogP) is 5.34. The van der Waals surface area contributed by atoms with Crippen molar-refractivity contribution in [3.05, 3.63) is 47.7 Å². The number of aryl methyl sites for hydroxylation is 1. The molecule has 4 nitrogen and oxygen atoms in total. The molecule has 0 aliphatic heterocycles. The Kier molecular flexibility index (Phi) is 4.72. The zero-order valence-corrected chi connectivity index (χ0v) is 15.6. The fraction of sp³-hybridized carbons (Fsp3) is 0.381. The number of benzene rings is 1. The molecule has 4 rings (SSSR count). The van der Waals surface area contributed by atoms with Gasteiger partial charge in [0, 0.05) is 23.9 Å². The Bertz CT molecular complexity index is 954. The van der Waals surface area contributed by atoms with Crippen LogP contribution in [0.5, 0.6) is 5.75 Å². The van der Waals surface area contributed by atoms with Crippen LogP contribution >= 0.6 is 0 Å². The second-order valence-corrected chi connectivity index (χ2v) is 7.12. The molecule has 0 spiro atoms. The summed E-state index contributed by atoms with van der Waals surface area (Å²) in [6, 6.07) is 8.38. The van der Waals surface area contributed by atoms with E-state index in [0.29, 0.717) is 17.2 Å². The Balaban J connectivity index is 1.90. The predicted molar refractivity (Wildman–Crippen MR) is 102 cm³/mol. The number of fused-ring (bicyclic) bond motifs is 1. The number of aromatic nitrogens is 2. The van der Waals surface area contributed by atoms with Gasteiger partial charge in [-0.25, -0.2) is 13.8 Å². The maximum absolute atomic E-state index is 14.8. The second kappa shape index (κ2) is 7.18. The van der Waals surface area contributed by atoms with Crippen LogP contribution in [0.15, 0.2) is 30.3 Å². The molecule has 27 heavy (non-hydrogen) atoms. The van der Waals surface area contributed by atoms with Gasteiger partial charge in [-0.2, -0.15) is 0 Å². The topological polar surface area (TPSA) is 38.6 Å². The first-order valence-electron chi connectivity index (χ1n) is 9.36. The number of ether oxygens (including phenoxy) is 1. The van der Waals surface area contributed by atoms with Crippen molar-refractivity contribution in [3.8, 4) is 17.0 Å². The fourth-order valence-corrected chi connectivity index (χ4v) is 3.90. The largest absolute Gasteiger partial charge is 0.497 e. The van der Waals surface area contributed by atoms with Crippen molar-refractivity contribution in [2.24, 2.45) is 0 Å². The van der Waals surface area contributed by atoms with Gasteiger partial charge in [-0.1, -0.05) is 25.3 Å². The van der Waals surface area contributed by atoms with E-state index in [4.69, 9.17) is 4.74 Å². The number of anilines is 1. The summed E-state index contributed by atoms with van der Waals surface area (Å²) in [5, 5.41) is 3.53. The maximum atomic E-state index is 14.8. The highest BCUT2D eigenvalue weighted by molar-refractivity contribution is 5.78. The highest BCUT2D eigenvalue weighted by atomic mass is 19.1. The first-order chi connectivity index (χ1) is 13.1. The van der Waals surface area contributed by atoms with Crippen molar-refractivity contribution in [3.63, 3.8) is 0 Å². The van der Waals surface area contributed by atoms with E-state index in [1.54, 1.807) is 0 Å². The number of methoxy groups -OCH3 is 1. The average Bonchev–Trinajstić information content (AvgIpc) is 3.01. The number of nitrogens with zero attached hydrogens (tertiary/aromatic N) is 2. The van der Waals surface area contributed by atoms with Crippen LogP contribution in [0.4, 0.5) is 14.6 Å². The summed E-state index contributed by atoms with van der Waals surface area (Å²) in [5.41, 5.74) is 1.79. The summed E-state index contributed by atoms with van der Waals surface area (Å²) in [5.74, 6) is -0.562. The highest BCUT2D eigenvalue weighted by Crippen LogP contribution is 2.36. The molecule has 0 saturated heterocycles. The Hall–Kier alpha value is -2.63. The van der Waals surface area contributed by atoms with Crippen molar-refractivity contribution in [2.45, 2.75) is 45.1 Å². The van der Waals surface area contributed by atoms with Crippen LogP contribution in [0.3, 0.4) is 0 Å². The molecule has 0 atom stereocenters. The Morgan fingerprint density at radius 1 is 1.11 bits per heavy atom. The quantitative estimate of drug-likeness (QED) is 0.673. The third-order valence-electron chi connectivity index (χ3n) is 5.27. The van der Waals surface area contributed by atoms with E-state index in [1.807, 2.05) is 29.5 Å². The molecule has 1 aliphatic carbocycles. The van der Waals surface area contributed by atoms with Crippen molar-refractivity contribution < 1.29 is 13.5 Å². The van der Waals surface area contributed by atoms with Gasteiger partial charge in [-0.05, 0) is 31.9 Å². The molecular weight excluding hydrogens is 348 g/mol. The van der Waals surface area contributed by atoms with E-state index in [-0.39, 0.29) is 17.4 Å². The van der Waals surface area contributed by atoms with Gasteiger partial charge in [0.05, 0.1) is 12.7 Å². The van der Waals surface area contributed by atoms with Crippen LogP contribution in [0, 0.1) is 18.6 Å². The fourth-order valence-electron chi connectivity index (χ4n) is 3.90. The molecule has 1 aliphatic rings. The highest BCUT2D eigenvalue weighted by Gasteiger charge is 2.25. The Labute approximate surface area is 157 Å². The van der Waals surface area contributed by atoms with Gasteiger partial charge >= 0.3 is 0 Å². The summed E-state index contributed by atoms with van der Waals surface area (Å²) in [4.78, 5) is 4.57. The van der Waals surface area contributed by atoms with Gasteiger partial charge < -0.3 is 10.1 Å². The van der Waals surface area contributed by atoms with Gasteiger partial charge in [-0.15, -0.1) is 0 Å². The van der Waals surface area contributed by atoms with E-state index in [0.717, 1.165) is 31.4 Å². The number of nitrogens with one attached hydrogen (secondary N) is 1. The van der Waals surface area contributed by atoms with Gasteiger partial charge in [0.2, 0.25) is 0 Å². The molecule has 3 aromatic rings. The lowest BCUT2D eigenvalue weighted by Gasteiger charge is -2.24. The van der Waals surface area contributed by atoms with Crippen molar-refractivity contribution in [1.29, 1.82) is 0 Å². The number of halogens is 2. The second-order valence-electron chi connectivity index (χ2n) is 7.12. The number of pyridine rings is 1. The molecule has 6 heteroatoms. The van der Waals surface area contributed by atoms with Crippen molar-refractivity contribution in [1.82, 2.24) is 9.38 Å². The molecule has 0 amide bonds. The normalized spacial score (nSPS) is 15.3. The zero-order chi connectivity index (χ0) is 19.0. The summed E-state index contributed by atoms with van der Waals surface area (Å²) in [6.07, 6.45) is 5.65. The molecule has 0 unspecified atom stereocenters. The standard InChI is InChI=1S/C21H23F2N3O/c1-13-7-6-10-18-25-20(19-16(22)11-15(27-2)12-17(19)23)21(26(13)18)24-14-8-4-3-5-9-14/h6-7,10-12,14,24H,3-5,8-9H2,1-2H3. The average molecular weight is 371 g/mol. The summed E-state index contributed by atoms with van der Waals surface area (Å²) in [7, 11) is 1.39. The van der Waals surface area contributed by atoms with E-state index in [2.05, 4.69) is 10.3 Å². The minimum absolute atomic E-state index is 0.128. The molecule has 1 fully saturated rings. The zero-order valence-electron chi connectivity index (χ0n) is 15.6. The van der Waals surface area contributed by atoms with Gasteiger partial charge in [0.1, 0.15) is 34.5 Å². The maximum Gasteiger partial charge on any atom is 0.139 e. The monoisotopic (exact) mass is 371 g/mol. The third-order valence-corrected chi connectivity index (χ3v) is 5.27. The van der Waals surface area contributed by atoms with Crippen molar-refractivity contribution in [2.75, 3.05) is 12.4 Å². The van der Waals surface area contributed by atoms with Crippen LogP contribution in [0.25, 0.3) is 16.9 Å². The molecule has 0 bridgehead atoms. The number of hydrogen-bond donors (Lipinski definition) is 1. The van der Waals surface area contributed by atoms with Gasteiger partial charge in [-0.3, -0.25) is 4.40 Å². The lowest BCUT2D eigenvalue weighted by Crippen LogP contribution is -2.23. The molecular formula is C21H23F2N3O. The minimum Gasteiger partial charge on any atom is -0.497 e. The Morgan fingerprint density at radius 3 is 2.48 bits per heavy atom. The summed E-state index contributed by atoms with van der Waals surface area (Å²) < 4.78 is 36.5. The number of rotatable bonds is 4. The van der Waals surface area contributed by atoms with Crippen LogP contribution in [-0.4, -0.2) is 22.5 Å². The van der Waals surface area contributed by atoms with E-state index in [1.165, 1.54) is 25.7 Å².